The van der Waals surface area contributed by atoms with Gasteiger partial charge in [-0.1, -0.05) is 30.7 Å². The summed E-state index contributed by atoms with van der Waals surface area (Å²) in [6.07, 6.45) is 4.17. The lowest BCUT2D eigenvalue weighted by atomic mass is 9.91. The van der Waals surface area contributed by atoms with E-state index in [0.29, 0.717) is 18.6 Å². The molecule has 2 unspecified atom stereocenters. The van der Waals surface area contributed by atoms with E-state index in [-0.39, 0.29) is 6.09 Å². The third-order valence-electron chi connectivity index (χ3n) is 4.24. The number of carbonyl (C=O) groups excluding carboxylic acids is 1. The van der Waals surface area contributed by atoms with E-state index >= 15 is 0 Å². The van der Waals surface area contributed by atoms with Gasteiger partial charge in [0.1, 0.15) is 5.60 Å². The first-order chi connectivity index (χ1) is 11.3. The maximum atomic E-state index is 11.8. The minimum absolute atomic E-state index is 0.320. The number of hydrogen-bond donors (Lipinski definition) is 3. The van der Waals surface area contributed by atoms with E-state index in [1.807, 2.05) is 39.0 Å². The molecule has 0 saturated heterocycles. The maximum absolute atomic E-state index is 11.8. The van der Waals surface area contributed by atoms with E-state index in [2.05, 4.69) is 16.7 Å². The highest BCUT2D eigenvalue weighted by molar-refractivity contribution is 5.67. The fourth-order valence-electron chi connectivity index (χ4n) is 3.05. The van der Waals surface area contributed by atoms with Crippen molar-refractivity contribution in [1.29, 1.82) is 0 Å². The zero-order chi connectivity index (χ0) is 17.6. The third-order valence-corrected chi connectivity index (χ3v) is 4.24. The Labute approximate surface area is 145 Å². The maximum Gasteiger partial charge on any atom is 0.407 e. The van der Waals surface area contributed by atoms with Crippen LogP contribution in [0.15, 0.2) is 24.3 Å². The highest BCUT2D eigenvalue weighted by atomic mass is 16.6. The molecule has 134 valence electrons. The molecule has 1 aliphatic carbocycles. The summed E-state index contributed by atoms with van der Waals surface area (Å²) >= 11 is 0. The van der Waals surface area contributed by atoms with Crippen molar-refractivity contribution in [2.24, 2.45) is 5.73 Å². The average Bonchev–Trinajstić information content (AvgIpc) is 2.50. The van der Waals surface area contributed by atoms with Crippen LogP contribution in [0.25, 0.3) is 0 Å². The van der Waals surface area contributed by atoms with Crippen molar-refractivity contribution in [3.8, 4) is 0 Å². The molecule has 2 rings (SSSR count). The lowest BCUT2D eigenvalue weighted by molar-refractivity contribution is 0.0523. The summed E-state index contributed by atoms with van der Waals surface area (Å²) in [6, 6.07) is 8.97. The largest absolute Gasteiger partial charge is 0.444 e. The van der Waals surface area contributed by atoms with Gasteiger partial charge >= 0.3 is 6.09 Å². The molecule has 1 aliphatic rings. The number of rotatable bonds is 5. The number of hydrogen-bond acceptors (Lipinski definition) is 4. The van der Waals surface area contributed by atoms with Gasteiger partial charge < -0.3 is 21.1 Å². The van der Waals surface area contributed by atoms with Crippen LogP contribution in [0, 0.1) is 0 Å². The fraction of sp³-hybridized carbons (Fsp3) is 0.632. The van der Waals surface area contributed by atoms with E-state index < -0.39 is 5.60 Å². The van der Waals surface area contributed by atoms with Gasteiger partial charge in [-0.05, 0) is 51.2 Å². The number of ether oxygens (including phenoxy) is 1. The standard InChI is InChI=1S/C19H31N3O2/c1-19(2,3)24-18(23)22-13-15-8-5-4-7-14(15)12-21-17-10-6-9-16(20)11-17/h4-5,7-8,16-17,21H,6,9-13,20H2,1-3H3,(H,22,23). The zero-order valence-electron chi connectivity index (χ0n) is 15.1. The van der Waals surface area contributed by atoms with E-state index in [1.54, 1.807) is 0 Å². The Bertz CT molecular complexity index is 540. The van der Waals surface area contributed by atoms with Crippen LogP contribution < -0.4 is 16.4 Å². The number of nitrogens with two attached hydrogens (primary N) is 1. The molecule has 1 fully saturated rings. The summed E-state index contributed by atoms with van der Waals surface area (Å²) in [4.78, 5) is 11.8. The fourth-order valence-corrected chi connectivity index (χ4v) is 3.05. The van der Waals surface area contributed by atoms with Gasteiger partial charge in [0.15, 0.2) is 0 Å². The molecule has 24 heavy (non-hydrogen) atoms. The number of carbonyl (C=O) groups is 1. The molecule has 5 heteroatoms. The van der Waals surface area contributed by atoms with Crippen molar-refractivity contribution in [3.05, 3.63) is 35.4 Å². The Morgan fingerprint density at radius 2 is 1.88 bits per heavy atom. The molecule has 0 radical (unpaired) electrons. The van der Waals surface area contributed by atoms with Gasteiger partial charge in [0.05, 0.1) is 0 Å². The number of nitrogens with one attached hydrogen (secondary N) is 2. The van der Waals surface area contributed by atoms with Crippen molar-refractivity contribution in [2.75, 3.05) is 0 Å². The van der Waals surface area contributed by atoms with Crippen molar-refractivity contribution < 1.29 is 9.53 Å². The van der Waals surface area contributed by atoms with E-state index in [9.17, 15) is 4.79 Å². The third kappa shape index (κ3) is 6.49. The first-order valence-corrected chi connectivity index (χ1v) is 8.86. The zero-order valence-corrected chi connectivity index (χ0v) is 15.1. The first-order valence-electron chi connectivity index (χ1n) is 8.86. The molecule has 0 aromatic heterocycles. The predicted molar refractivity (Wildman–Crippen MR) is 96.6 cm³/mol. The summed E-state index contributed by atoms with van der Waals surface area (Å²) in [7, 11) is 0. The Balaban J connectivity index is 1.86. The van der Waals surface area contributed by atoms with E-state index in [4.69, 9.17) is 10.5 Å². The lowest BCUT2D eigenvalue weighted by Gasteiger charge is -2.27. The Morgan fingerprint density at radius 1 is 1.21 bits per heavy atom. The lowest BCUT2D eigenvalue weighted by Crippen LogP contribution is -2.39. The van der Waals surface area contributed by atoms with Crippen molar-refractivity contribution in [2.45, 2.75) is 77.2 Å². The SMILES string of the molecule is CC(C)(C)OC(=O)NCc1ccccc1CNC1CCCC(N)C1. The summed E-state index contributed by atoms with van der Waals surface area (Å²) < 4.78 is 5.29. The van der Waals surface area contributed by atoms with Crippen LogP contribution in [0.5, 0.6) is 0 Å². The number of amides is 1. The van der Waals surface area contributed by atoms with Gasteiger partial charge in [-0.3, -0.25) is 0 Å². The van der Waals surface area contributed by atoms with Gasteiger partial charge in [0.2, 0.25) is 0 Å². The summed E-state index contributed by atoms with van der Waals surface area (Å²) in [6.45, 7) is 6.85. The normalized spacial score (nSPS) is 21.3. The molecule has 1 aromatic carbocycles. The minimum Gasteiger partial charge on any atom is -0.444 e. The minimum atomic E-state index is -0.481. The van der Waals surface area contributed by atoms with Crippen LogP contribution >= 0.6 is 0 Å². The molecule has 1 aromatic rings. The average molecular weight is 333 g/mol. The molecule has 5 nitrogen and oxygen atoms in total. The monoisotopic (exact) mass is 333 g/mol. The topological polar surface area (TPSA) is 76.4 Å². The first kappa shape index (κ1) is 18.7. The van der Waals surface area contributed by atoms with Crippen LogP contribution in [-0.2, 0) is 17.8 Å². The molecule has 0 bridgehead atoms. The van der Waals surface area contributed by atoms with Crippen molar-refractivity contribution >= 4 is 6.09 Å². The molecule has 1 amide bonds. The molecule has 2 atom stereocenters. The molecule has 0 spiro atoms. The molecular weight excluding hydrogens is 302 g/mol. The van der Waals surface area contributed by atoms with Gasteiger partial charge in [-0.25, -0.2) is 4.79 Å². The second-order valence-electron chi connectivity index (χ2n) is 7.63. The Hall–Kier alpha value is -1.59. The van der Waals surface area contributed by atoms with Crippen LogP contribution in [-0.4, -0.2) is 23.8 Å². The van der Waals surface area contributed by atoms with Crippen LogP contribution in [0.1, 0.15) is 57.6 Å². The van der Waals surface area contributed by atoms with Gasteiger partial charge in [-0.15, -0.1) is 0 Å². The predicted octanol–water partition coefficient (Wildman–Crippen LogP) is 3.07. The molecule has 0 aliphatic heterocycles. The number of benzene rings is 1. The molecular formula is C19H31N3O2. The molecule has 4 N–H and O–H groups in total. The van der Waals surface area contributed by atoms with Crippen LogP contribution in [0.4, 0.5) is 4.79 Å². The second-order valence-corrected chi connectivity index (χ2v) is 7.63. The summed E-state index contributed by atoms with van der Waals surface area (Å²) in [5.74, 6) is 0. The molecule has 1 saturated carbocycles. The van der Waals surface area contributed by atoms with Crippen LogP contribution in [0.3, 0.4) is 0 Å². The Morgan fingerprint density at radius 3 is 2.50 bits per heavy atom. The van der Waals surface area contributed by atoms with Crippen LogP contribution in [0.2, 0.25) is 0 Å². The highest BCUT2D eigenvalue weighted by Crippen LogP contribution is 2.18. The quantitative estimate of drug-likeness (QED) is 0.774. The van der Waals surface area contributed by atoms with E-state index in [0.717, 1.165) is 24.9 Å². The smallest absolute Gasteiger partial charge is 0.407 e. The summed E-state index contributed by atoms with van der Waals surface area (Å²) in [5, 5.41) is 6.44. The van der Waals surface area contributed by atoms with Crippen molar-refractivity contribution in [3.63, 3.8) is 0 Å². The summed E-state index contributed by atoms with van der Waals surface area (Å²) in [5.41, 5.74) is 7.88. The highest BCUT2D eigenvalue weighted by Gasteiger charge is 2.19. The van der Waals surface area contributed by atoms with Gasteiger partial charge in [0, 0.05) is 25.2 Å². The van der Waals surface area contributed by atoms with E-state index in [1.165, 1.54) is 18.4 Å². The molecule has 0 heterocycles. The van der Waals surface area contributed by atoms with Crippen molar-refractivity contribution in [1.82, 2.24) is 10.6 Å². The van der Waals surface area contributed by atoms with Gasteiger partial charge in [0.25, 0.3) is 0 Å². The van der Waals surface area contributed by atoms with Gasteiger partial charge in [-0.2, -0.15) is 0 Å². The number of alkyl carbamates (subject to hydrolysis) is 1. The Kier molecular flexibility index (Phi) is 6.63. The second kappa shape index (κ2) is 8.49.